The van der Waals surface area contributed by atoms with Crippen LogP contribution >= 0.6 is 22.9 Å². The Kier molecular flexibility index (Phi) is 7.72. The van der Waals surface area contributed by atoms with Crippen LogP contribution in [0.1, 0.15) is 43.9 Å². The molecule has 8 nitrogen and oxygen atoms in total. The molecular weight excluding hydrogens is 460 g/mol. The number of aromatic nitrogens is 4. The molecule has 4 rings (SSSR count). The van der Waals surface area contributed by atoms with Crippen molar-refractivity contribution in [1.82, 2.24) is 30.4 Å². The van der Waals surface area contributed by atoms with Crippen LogP contribution in [0.15, 0.2) is 41.8 Å². The molecule has 10 heteroatoms. The maximum atomic E-state index is 13.4. The van der Waals surface area contributed by atoms with Crippen LogP contribution in [0.4, 0.5) is 0 Å². The first kappa shape index (κ1) is 23.4. The van der Waals surface area contributed by atoms with Gasteiger partial charge in [-0.1, -0.05) is 37.4 Å². The van der Waals surface area contributed by atoms with E-state index in [2.05, 4.69) is 20.7 Å². The lowest BCUT2D eigenvalue weighted by Gasteiger charge is -2.30. The first-order valence-corrected chi connectivity index (χ1v) is 12.4. The van der Waals surface area contributed by atoms with Gasteiger partial charge >= 0.3 is 0 Å². The van der Waals surface area contributed by atoms with Crippen molar-refractivity contribution in [2.24, 2.45) is 0 Å². The summed E-state index contributed by atoms with van der Waals surface area (Å²) in [6.45, 7) is 2.20. The summed E-state index contributed by atoms with van der Waals surface area (Å²) in [5, 5.41) is 18.2. The largest absolute Gasteiger partial charge is 0.352 e. The van der Waals surface area contributed by atoms with Crippen molar-refractivity contribution >= 4 is 34.8 Å². The highest BCUT2D eigenvalue weighted by molar-refractivity contribution is 7.09. The lowest BCUT2D eigenvalue weighted by Crippen LogP contribution is -2.51. The molecule has 1 aliphatic rings. The van der Waals surface area contributed by atoms with Gasteiger partial charge in [0.15, 0.2) is 0 Å². The molecule has 0 radical (unpaired) electrons. The number of nitrogens with one attached hydrogen (secondary N) is 1. The van der Waals surface area contributed by atoms with Crippen LogP contribution in [0.25, 0.3) is 11.4 Å². The first-order chi connectivity index (χ1) is 16.0. The fourth-order valence-electron chi connectivity index (χ4n) is 4.09. The van der Waals surface area contributed by atoms with Crippen molar-refractivity contribution in [2.45, 2.75) is 64.2 Å². The number of benzene rings is 1. The molecule has 2 heterocycles. The van der Waals surface area contributed by atoms with Gasteiger partial charge in [-0.25, -0.2) is 0 Å². The number of carbonyl (C=O) groups is 2. The molecule has 1 aliphatic carbocycles. The number of amides is 2. The molecule has 0 aliphatic heterocycles. The zero-order chi connectivity index (χ0) is 23.2. The van der Waals surface area contributed by atoms with E-state index in [1.807, 2.05) is 24.4 Å². The summed E-state index contributed by atoms with van der Waals surface area (Å²) in [7, 11) is 0. The topological polar surface area (TPSA) is 93.0 Å². The SMILES string of the molecule is CC[C@H](C(=O)NC1CCCC1)N(Cc1cccs1)C(=O)Cn1nnc(-c2ccc(Cl)cc2)n1. The van der Waals surface area contributed by atoms with Gasteiger partial charge in [-0.15, -0.1) is 21.5 Å². The highest BCUT2D eigenvalue weighted by Crippen LogP contribution is 2.21. The van der Waals surface area contributed by atoms with Gasteiger partial charge in [-0.05, 0) is 60.2 Å². The Morgan fingerprint density at radius 1 is 1.24 bits per heavy atom. The van der Waals surface area contributed by atoms with E-state index in [9.17, 15) is 9.59 Å². The van der Waals surface area contributed by atoms with E-state index in [4.69, 9.17) is 11.6 Å². The molecule has 2 aromatic heterocycles. The lowest BCUT2D eigenvalue weighted by molar-refractivity contribution is -0.142. The third-order valence-electron chi connectivity index (χ3n) is 5.83. The minimum atomic E-state index is -0.556. The van der Waals surface area contributed by atoms with E-state index in [-0.39, 0.29) is 24.4 Å². The number of hydrogen-bond acceptors (Lipinski definition) is 6. The number of halogens is 1. The van der Waals surface area contributed by atoms with E-state index in [1.54, 1.807) is 40.5 Å². The number of nitrogens with zero attached hydrogens (tertiary/aromatic N) is 5. The summed E-state index contributed by atoms with van der Waals surface area (Å²) in [6, 6.07) is 10.7. The van der Waals surface area contributed by atoms with Crippen LogP contribution in [0.2, 0.25) is 5.02 Å². The highest BCUT2D eigenvalue weighted by atomic mass is 35.5. The van der Waals surface area contributed by atoms with Crippen molar-refractivity contribution in [2.75, 3.05) is 0 Å². The summed E-state index contributed by atoms with van der Waals surface area (Å²) in [5.74, 6) is 0.0925. The third-order valence-corrected chi connectivity index (χ3v) is 6.94. The van der Waals surface area contributed by atoms with Crippen LogP contribution in [-0.4, -0.2) is 49.0 Å². The number of tetrazole rings is 1. The predicted molar refractivity (Wildman–Crippen MR) is 128 cm³/mol. The second kappa shape index (κ2) is 10.9. The number of rotatable bonds is 9. The molecule has 0 bridgehead atoms. The van der Waals surface area contributed by atoms with Crippen molar-refractivity contribution in [3.8, 4) is 11.4 Å². The molecule has 3 aromatic rings. The number of thiophene rings is 1. The summed E-state index contributed by atoms with van der Waals surface area (Å²) in [6.07, 6.45) is 4.78. The van der Waals surface area contributed by atoms with Crippen LogP contribution in [0.3, 0.4) is 0 Å². The lowest BCUT2D eigenvalue weighted by atomic mass is 10.1. The zero-order valence-electron chi connectivity index (χ0n) is 18.5. The van der Waals surface area contributed by atoms with Gasteiger partial charge in [0.05, 0.1) is 6.54 Å². The average molecular weight is 487 g/mol. The quantitative estimate of drug-likeness (QED) is 0.494. The maximum Gasteiger partial charge on any atom is 0.247 e. The minimum absolute atomic E-state index is 0.0947. The smallest absolute Gasteiger partial charge is 0.247 e. The summed E-state index contributed by atoms with van der Waals surface area (Å²) in [4.78, 5) is 30.4. The molecule has 1 fully saturated rings. The Hall–Kier alpha value is -2.78. The van der Waals surface area contributed by atoms with Crippen LogP contribution < -0.4 is 5.32 Å². The molecule has 1 aromatic carbocycles. The molecule has 174 valence electrons. The number of hydrogen-bond donors (Lipinski definition) is 1. The average Bonchev–Trinajstić information content (AvgIpc) is 3.57. The molecule has 1 saturated carbocycles. The second-order valence-corrected chi connectivity index (χ2v) is 9.63. The third kappa shape index (κ3) is 5.97. The molecule has 2 amide bonds. The van der Waals surface area contributed by atoms with Crippen molar-refractivity contribution < 1.29 is 9.59 Å². The predicted octanol–water partition coefficient (Wildman–Crippen LogP) is 3.92. The number of carbonyl (C=O) groups excluding carboxylic acids is 2. The van der Waals surface area contributed by atoms with Gasteiger partial charge in [0.1, 0.15) is 12.6 Å². The normalized spacial score (nSPS) is 14.8. The van der Waals surface area contributed by atoms with E-state index in [1.165, 1.54) is 4.80 Å². The Morgan fingerprint density at radius 3 is 2.67 bits per heavy atom. The Morgan fingerprint density at radius 2 is 2.00 bits per heavy atom. The van der Waals surface area contributed by atoms with E-state index >= 15 is 0 Å². The summed E-state index contributed by atoms with van der Waals surface area (Å²) >= 11 is 7.51. The van der Waals surface area contributed by atoms with Gasteiger partial charge in [0.2, 0.25) is 17.6 Å². The van der Waals surface area contributed by atoms with Gasteiger partial charge < -0.3 is 10.2 Å². The van der Waals surface area contributed by atoms with Crippen molar-refractivity contribution in [3.05, 3.63) is 51.7 Å². The standard InChI is InChI=1S/C23H27ClN6O2S/c1-2-20(23(32)25-18-6-3-4-7-18)29(14-19-8-5-13-33-19)21(31)15-30-27-22(26-28-30)16-9-11-17(24)12-10-16/h5,8-13,18,20H,2-4,6-7,14-15H2,1H3,(H,25,32)/t20-/m1/s1. The van der Waals surface area contributed by atoms with Crippen molar-refractivity contribution in [3.63, 3.8) is 0 Å². The second-order valence-electron chi connectivity index (χ2n) is 8.17. The summed E-state index contributed by atoms with van der Waals surface area (Å²) < 4.78 is 0. The minimum Gasteiger partial charge on any atom is -0.352 e. The molecule has 1 N–H and O–H groups in total. The van der Waals surface area contributed by atoms with Gasteiger partial charge in [0.25, 0.3) is 0 Å². The Bertz CT molecular complexity index is 1060. The fourth-order valence-corrected chi connectivity index (χ4v) is 4.92. The molecule has 0 saturated heterocycles. The van der Waals surface area contributed by atoms with Crippen molar-refractivity contribution in [1.29, 1.82) is 0 Å². The molecule has 1 atom stereocenters. The van der Waals surface area contributed by atoms with Crippen LogP contribution in [0, 0.1) is 0 Å². The van der Waals surface area contributed by atoms with Gasteiger partial charge in [0, 0.05) is 21.5 Å². The summed E-state index contributed by atoms with van der Waals surface area (Å²) in [5.41, 5.74) is 0.760. The van der Waals surface area contributed by atoms with Gasteiger partial charge in [-0.2, -0.15) is 4.80 Å². The van der Waals surface area contributed by atoms with E-state index in [0.29, 0.717) is 23.8 Å². The molecular formula is C23H27ClN6O2S. The van der Waals surface area contributed by atoms with E-state index < -0.39 is 6.04 Å². The van der Waals surface area contributed by atoms with E-state index in [0.717, 1.165) is 36.1 Å². The molecule has 33 heavy (non-hydrogen) atoms. The Balaban J connectivity index is 1.50. The molecule has 0 unspecified atom stereocenters. The monoisotopic (exact) mass is 486 g/mol. The van der Waals surface area contributed by atoms with Crippen LogP contribution in [-0.2, 0) is 22.7 Å². The molecule has 0 spiro atoms. The Labute approximate surface area is 201 Å². The van der Waals surface area contributed by atoms with Crippen LogP contribution in [0.5, 0.6) is 0 Å². The first-order valence-electron chi connectivity index (χ1n) is 11.2. The van der Waals surface area contributed by atoms with Gasteiger partial charge in [-0.3, -0.25) is 9.59 Å². The fraction of sp³-hybridized carbons (Fsp3) is 0.435. The highest BCUT2D eigenvalue weighted by Gasteiger charge is 2.31. The maximum absolute atomic E-state index is 13.4. The zero-order valence-corrected chi connectivity index (χ0v) is 20.1.